The zero-order valence-electron chi connectivity index (χ0n) is 10.9. The SMILES string of the molecule is COc1ccccc1CNCC1CCCC1C. The van der Waals surface area contributed by atoms with E-state index in [1.165, 1.54) is 24.8 Å². The number of hydrogen-bond donors (Lipinski definition) is 1. The second-order valence-electron chi connectivity index (χ2n) is 5.11. The first-order valence-corrected chi connectivity index (χ1v) is 6.64. The van der Waals surface area contributed by atoms with Gasteiger partial charge < -0.3 is 10.1 Å². The molecule has 0 saturated heterocycles. The van der Waals surface area contributed by atoms with E-state index in [4.69, 9.17) is 4.74 Å². The minimum atomic E-state index is 0.865. The number of methoxy groups -OCH3 is 1. The molecule has 2 nitrogen and oxygen atoms in total. The summed E-state index contributed by atoms with van der Waals surface area (Å²) >= 11 is 0. The van der Waals surface area contributed by atoms with Gasteiger partial charge in [0.05, 0.1) is 7.11 Å². The molecular formula is C15H23NO. The van der Waals surface area contributed by atoms with E-state index < -0.39 is 0 Å². The first-order valence-electron chi connectivity index (χ1n) is 6.64. The van der Waals surface area contributed by atoms with Gasteiger partial charge in [0.2, 0.25) is 0 Å². The van der Waals surface area contributed by atoms with Gasteiger partial charge in [0.25, 0.3) is 0 Å². The Morgan fingerprint density at radius 3 is 2.82 bits per heavy atom. The standard InChI is InChI=1S/C15H23NO/c1-12-6-5-8-13(12)10-16-11-14-7-3-4-9-15(14)17-2/h3-4,7,9,12-13,16H,5-6,8,10-11H2,1-2H3. The van der Waals surface area contributed by atoms with Crippen LogP contribution in [-0.4, -0.2) is 13.7 Å². The molecule has 0 spiro atoms. The van der Waals surface area contributed by atoms with E-state index in [1.807, 2.05) is 12.1 Å². The zero-order chi connectivity index (χ0) is 12.1. The number of benzene rings is 1. The van der Waals surface area contributed by atoms with Crippen LogP contribution in [0.2, 0.25) is 0 Å². The van der Waals surface area contributed by atoms with Crippen LogP contribution in [0.5, 0.6) is 5.75 Å². The van der Waals surface area contributed by atoms with Crippen molar-refractivity contribution in [3.63, 3.8) is 0 Å². The lowest BCUT2D eigenvalue weighted by molar-refractivity contribution is 0.384. The molecule has 94 valence electrons. The number of rotatable bonds is 5. The van der Waals surface area contributed by atoms with Gasteiger partial charge in [0, 0.05) is 12.1 Å². The Labute approximate surface area is 104 Å². The molecule has 0 radical (unpaired) electrons. The number of ether oxygens (including phenoxy) is 1. The molecule has 17 heavy (non-hydrogen) atoms. The molecule has 1 saturated carbocycles. The highest BCUT2D eigenvalue weighted by Gasteiger charge is 2.22. The Hall–Kier alpha value is -1.02. The molecule has 2 atom stereocenters. The second kappa shape index (κ2) is 6.06. The van der Waals surface area contributed by atoms with Crippen molar-refractivity contribution in [2.45, 2.75) is 32.7 Å². The van der Waals surface area contributed by atoms with Crippen LogP contribution >= 0.6 is 0 Å². The third-order valence-electron chi connectivity index (χ3n) is 3.95. The average Bonchev–Trinajstić information content (AvgIpc) is 2.76. The predicted octanol–water partition coefficient (Wildman–Crippen LogP) is 3.22. The summed E-state index contributed by atoms with van der Waals surface area (Å²) in [5.41, 5.74) is 1.25. The van der Waals surface area contributed by atoms with Crippen molar-refractivity contribution < 1.29 is 4.74 Å². The maximum absolute atomic E-state index is 5.35. The fourth-order valence-electron chi connectivity index (χ4n) is 2.77. The van der Waals surface area contributed by atoms with Gasteiger partial charge >= 0.3 is 0 Å². The Morgan fingerprint density at radius 2 is 2.12 bits per heavy atom. The molecule has 1 aliphatic carbocycles. The molecule has 1 aromatic carbocycles. The van der Waals surface area contributed by atoms with E-state index in [2.05, 4.69) is 24.4 Å². The summed E-state index contributed by atoms with van der Waals surface area (Å²) in [5, 5.41) is 3.57. The van der Waals surface area contributed by atoms with Crippen molar-refractivity contribution in [2.75, 3.05) is 13.7 Å². The van der Waals surface area contributed by atoms with Crippen molar-refractivity contribution in [1.82, 2.24) is 5.32 Å². The van der Waals surface area contributed by atoms with Gasteiger partial charge in [-0.25, -0.2) is 0 Å². The largest absolute Gasteiger partial charge is 0.496 e. The van der Waals surface area contributed by atoms with Gasteiger partial charge in [0.1, 0.15) is 5.75 Å². The molecular weight excluding hydrogens is 210 g/mol. The molecule has 2 rings (SSSR count). The minimum Gasteiger partial charge on any atom is -0.496 e. The highest BCUT2D eigenvalue weighted by molar-refractivity contribution is 5.32. The van der Waals surface area contributed by atoms with Crippen LogP contribution in [0.15, 0.2) is 24.3 Å². The van der Waals surface area contributed by atoms with Gasteiger partial charge in [0.15, 0.2) is 0 Å². The summed E-state index contributed by atoms with van der Waals surface area (Å²) in [6.07, 6.45) is 4.20. The molecule has 1 fully saturated rings. The van der Waals surface area contributed by atoms with Crippen molar-refractivity contribution in [3.8, 4) is 5.75 Å². The fraction of sp³-hybridized carbons (Fsp3) is 0.600. The molecule has 1 aliphatic rings. The first-order chi connectivity index (χ1) is 8.31. The molecule has 0 aromatic heterocycles. The normalized spacial score (nSPS) is 23.9. The third-order valence-corrected chi connectivity index (χ3v) is 3.95. The molecule has 2 unspecified atom stereocenters. The smallest absolute Gasteiger partial charge is 0.123 e. The quantitative estimate of drug-likeness (QED) is 0.843. The van der Waals surface area contributed by atoms with Crippen LogP contribution in [0, 0.1) is 11.8 Å². The molecule has 0 amide bonds. The maximum atomic E-state index is 5.35. The van der Waals surface area contributed by atoms with E-state index in [0.717, 1.165) is 30.7 Å². The highest BCUT2D eigenvalue weighted by Crippen LogP contribution is 2.30. The average molecular weight is 233 g/mol. The van der Waals surface area contributed by atoms with E-state index in [1.54, 1.807) is 7.11 Å². The Bertz CT molecular complexity index is 351. The third kappa shape index (κ3) is 3.22. The summed E-state index contributed by atoms with van der Waals surface area (Å²) in [6.45, 7) is 4.43. The zero-order valence-corrected chi connectivity index (χ0v) is 10.9. The van der Waals surface area contributed by atoms with Gasteiger partial charge in [-0.3, -0.25) is 0 Å². The number of hydrogen-bond acceptors (Lipinski definition) is 2. The van der Waals surface area contributed by atoms with E-state index >= 15 is 0 Å². The van der Waals surface area contributed by atoms with Crippen LogP contribution in [-0.2, 0) is 6.54 Å². The van der Waals surface area contributed by atoms with Gasteiger partial charge in [-0.2, -0.15) is 0 Å². The molecule has 1 aromatic rings. The molecule has 1 N–H and O–H groups in total. The van der Waals surface area contributed by atoms with E-state index in [9.17, 15) is 0 Å². The maximum Gasteiger partial charge on any atom is 0.123 e. The van der Waals surface area contributed by atoms with Crippen molar-refractivity contribution in [1.29, 1.82) is 0 Å². The highest BCUT2D eigenvalue weighted by atomic mass is 16.5. The van der Waals surface area contributed by atoms with Crippen LogP contribution in [0.1, 0.15) is 31.7 Å². The summed E-state index contributed by atoms with van der Waals surface area (Å²) in [5.74, 6) is 2.74. The van der Waals surface area contributed by atoms with Crippen molar-refractivity contribution >= 4 is 0 Å². The van der Waals surface area contributed by atoms with E-state index in [0.29, 0.717) is 0 Å². The van der Waals surface area contributed by atoms with Crippen LogP contribution in [0.25, 0.3) is 0 Å². The van der Waals surface area contributed by atoms with Crippen LogP contribution < -0.4 is 10.1 Å². The summed E-state index contributed by atoms with van der Waals surface area (Å²) < 4.78 is 5.35. The Kier molecular flexibility index (Phi) is 4.43. The lowest BCUT2D eigenvalue weighted by Gasteiger charge is -2.16. The number of para-hydroxylation sites is 1. The topological polar surface area (TPSA) is 21.3 Å². The molecule has 2 heteroatoms. The van der Waals surface area contributed by atoms with Crippen molar-refractivity contribution in [2.24, 2.45) is 11.8 Å². The lowest BCUT2D eigenvalue weighted by Crippen LogP contribution is -2.24. The van der Waals surface area contributed by atoms with Crippen LogP contribution in [0.3, 0.4) is 0 Å². The Morgan fingerprint density at radius 1 is 1.29 bits per heavy atom. The fourth-order valence-corrected chi connectivity index (χ4v) is 2.77. The first kappa shape index (κ1) is 12.4. The van der Waals surface area contributed by atoms with Crippen LogP contribution in [0.4, 0.5) is 0 Å². The molecule has 0 heterocycles. The monoisotopic (exact) mass is 233 g/mol. The predicted molar refractivity (Wildman–Crippen MR) is 71.2 cm³/mol. The summed E-state index contributed by atoms with van der Waals surface area (Å²) in [4.78, 5) is 0. The van der Waals surface area contributed by atoms with Gasteiger partial charge in [-0.1, -0.05) is 38.0 Å². The molecule has 0 aliphatic heterocycles. The minimum absolute atomic E-state index is 0.865. The number of nitrogens with one attached hydrogen (secondary N) is 1. The molecule has 0 bridgehead atoms. The summed E-state index contributed by atoms with van der Waals surface area (Å²) in [6, 6.07) is 8.23. The van der Waals surface area contributed by atoms with Gasteiger partial charge in [-0.05, 0) is 30.9 Å². The van der Waals surface area contributed by atoms with E-state index in [-0.39, 0.29) is 0 Å². The second-order valence-corrected chi connectivity index (χ2v) is 5.11. The van der Waals surface area contributed by atoms with Gasteiger partial charge in [-0.15, -0.1) is 0 Å². The lowest BCUT2D eigenvalue weighted by atomic mass is 9.98. The van der Waals surface area contributed by atoms with Crippen molar-refractivity contribution in [3.05, 3.63) is 29.8 Å². The summed E-state index contributed by atoms with van der Waals surface area (Å²) in [7, 11) is 1.73. The Balaban J connectivity index is 1.81.